The Morgan fingerprint density at radius 2 is 1.04 bits per heavy atom. The van der Waals surface area contributed by atoms with Crippen molar-refractivity contribution in [3.8, 4) is 0 Å². The lowest BCUT2D eigenvalue weighted by Gasteiger charge is -2.14. The minimum absolute atomic E-state index is 0.320. The number of ether oxygens (including phenoxy) is 2. The second-order valence-corrected chi connectivity index (χ2v) is 5.67. The van der Waals surface area contributed by atoms with Crippen molar-refractivity contribution in [3.63, 3.8) is 0 Å². The van der Waals surface area contributed by atoms with E-state index in [1.807, 2.05) is 0 Å². The lowest BCUT2D eigenvalue weighted by molar-refractivity contribution is -0.142. The zero-order valence-electron chi connectivity index (χ0n) is 15.4. The molecule has 0 unspecified atom stereocenters. The maximum absolute atomic E-state index is 12.3. The molecule has 4 heteroatoms. The molecule has 0 fully saturated rings. The van der Waals surface area contributed by atoms with Crippen molar-refractivity contribution in [1.82, 2.24) is 0 Å². The van der Waals surface area contributed by atoms with Crippen LogP contribution in [0.5, 0.6) is 0 Å². The summed E-state index contributed by atoms with van der Waals surface area (Å²) in [6.45, 7) is 8.45. The average molecular weight is 326 g/mol. The topological polar surface area (TPSA) is 52.6 Å². The first-order chi connectivity index (χ1) is 11.1. The Morgan fingerprint density at radius 1 is 0.609 bits per heavy atom. The first-order valence-corrected chi connectivity index (χ1v) is 9.18. The van der Waals surface area contributed by atoms with Gasteiger partial charge in [0, 0.05) is 11.1 Å². The lowest BCUT2D eigenvalue weighted by Crippen LogP contribution is -2.17. The van der Waals surface area contributed by atoms with Crippen molar-refractivity contribution in [3.05, 3.63) is 11.1 Å². The summed E-state index contributed by atoms with van der Waals surface area (Å²) in [5.74, 6) is -0.722. The fourth-order valence-corrected chi connectivity index (χ4v) is 2.45. The van der Waals surface area contributed by atoms with Gasteiger partial charge in [-0.3, -0.25) is 0 Å². The minimum Gasteiger partial charge on any atom is -0.463 e. The van der Waals surface area contributed by atoms with Gasteiger partial charge in [0.2, 0.25) is 0 Å². The smallest absolute Gasteiger partial charge is 0.334 e. The molecule has 0 saturated heterocycles. The van der Waals surface area contributed by atoms with Crippen LogP contribution in [0.4, 0.5) is 0 Å². The molecular weight excluding hydrogens is 292 g/mol. The second-order valence-electron chi connectivity index (χ2n) is 5.67. The number of esters is 2. The first kappa shape index (κ1) is 21.7. The molecular formula is C19H34O4. The van der Waals surface area contributed by atoms with E-state index < -0.39 is 0 Å². The van der Waals surface area contributed by atoms with Gasteiger partial charge in [0.15, 0.2) is 0 Å². The summed E-state index contributed by atoms with van der Waals surface area (Å²) < 4.78 is 10.3. The lowest BCUT2D eigenvalue weighted by atomic mass is 9.97. The minimum atomic E-state index is -0.363. The van der Waals surface area contributed by atoms with Crippen LogP contribution < -0.4 is 0 Å². The summed E-state index contributed by atoms with van der Waals surface area (Å²) in [6.07, 6.45) is 8.55. The van der Waals surface area contributed by atoms with Gasteiger partial charge in [-0.15, -0.1) is 0 Å². The number of hydrogen-bond donors (Lipinski definition) is 0. The number of unbranched alkanes of at least 4 members (excludes halogenated alkanes) is 5. The van der Waals surface area contributed by atoms with Crippen LogP contribution in [0.15, 0.2) is 11.1 Å². The Kier molecular flexibility index (Phi) is 13.5. The van der Waals surface area contributed by atoms with Gasteiger partial charge < -0.3 is 9.47 Å². The zero-order valence-corrected chi connectivity index (χ0v) is 15.4. The highest BCUT2D eigenvalue weighted by Crippen LogP contribution is 2.22. The Bertz CT molecular complexity index is 372. The van der Waals surface area contributed by atoms with Gasteiger partial charge in [0.1, 0.15) is 0 Å². The largest absolute Gasteiger partial charge is 0.463 e. The molecule has 23 heavy (non-hydrogen) atoms. The molecule has 4 nitrogen and oxygen atoms in total. The van der Waals surface area contributed by atoms with Crippen LogP contribution >= 0.6 is 0 Å². The molecule has 0 aliphatic rings. The molecule has 0 aromatic heterocycles. The van der Waals surface area contributed by atoms with E-state index in [0.29, 0.717) is 37.2 Å². The van der Waals surface area contributed by atoms with Crippen LogP contribution in [0, 0.1) is 0 Å². The Balaban J connectivity index is 5.14. The first-order valence-electron chi connectivity index (χ1n) is 9.18. The molecule has 134 valence electrons. The summed E-state index contributed by atoms with van der Waals surface area (Å²) in [6, 6.07) is 0. The molecule has 0 saturated carbocycles. The third-order valence-electron chi connectivity index (χ3n) is 3.72. The number of hydrogen-bond acceptors (Lipinski definition) is 4. The van der Waals surface area contributed by atoms with Crippen molar-refractivity contribution in [2.24, 2.45) is 0 Å². The number of rotatable bonds is 13. The molecule has 0 aliphatic heterocycles. The van der Waals surface area contributed by atoms with Crippen LogP contribution in [0.25, 0.3) is 0 Å². The molecule has 0 aliphatic carbocycles. The molecule has 0 radical (unpaired) electrons. The average Bonchev–Trinajstić information content (AvgIpc) is 2.53. The Hall–Kier alpha value is -1.32. The van der Waals surface area contributed by atoms with Crippen molar-refractivity contribution < 1.29 is 19.1 Å². The highest BCUT2D eigenvalue weighted by Gasteiger charge is 2.22. The monoisotopic (exact) mass is 326 g/mol. The molecule has 0 amide bonds. The highest BCUT2D eigenvalue weighted by molar-refractivity contribution is 6.00. The van der Waals surface area contributed by atoms with Gasteiger partial charge in [0.25, 0.3) is 0 Å². The third-order valence-corrected chi connectivity index (χ3v) is 3.72. The highest BCUT2D eigenvalue weighted by atomic mass is 16.5. The molecule has 0 N–H and O–H groups in total. The fraction of sp³-hybridized carbons (Fsp3) is 0.789. The zero-order chi connectivity index (χ0) is 17.5. The van der Waals surface area contributed by atoms with Crippen LogP contribution in [-0.2, 0) is 19.1 Å². The maximum atomic E-state index is 12.3. The predicted octanol–water partition coefficient (Wildman–Crippen LogP) is 4.96. The summed E-state index contributed by atoms with van der Waals surface area (Å²) in [5, 5.41) is 0. The third kappa shape index (κ3) is 9.42. The Morgan fingerprint density at radius 3 is 1.48 bits per heavy atom. The van der Waals surface area contributed by atoms with Gasteiger partial charge in [-0.2, -0.15) is 0 Å². The SMILES string of the molecule is CCCCCCCC(C(=O)OCC)=C(CCCC)C(=O)OCC. The van der Waals surface area contributed by atoms with E-state index in [9.17, 15) is 9.59 Å². The summed E-state index contributed by atoms with van der Waals surface area (Å²) in [5.41, 5.74) is 1.04. The van der Waals surface area contributed by atoms with E-state index in [2.05, 4.69) is 13.8 Å². The van der Waals surface area contributed by atoms with Crippen LogP contribution in [0.3, 0.4) is 0 Å². The van der Waals surface area contributed by atoms with Gasteiger partial charge in [-0.1, -0.05) is 46.0 Å². The molecule has 0 rings (SSSR count). The van der Waals surface area contributed by atoms with Gasteiger partial charge >= 0.3 is 11.9 Å². The van der Waals surface area contributed by atoms with Gasteiger partial charge in [0.05, 0.1) is 13.2 Å². The van der Waals surface area contributed by atoms with Crippen LogP contribution in [0.2, 0.25) is 0 Å². The van der Waals surface area contributed by atoms with Gasteiger partial charge in [-0.25, -0.2) is 9.59 Å². The summed E-state index contributed by atoms with van der Waals surface area (Å²) in [7, 11) is 0. The van der Waals surface area contributed by atoms with E-state index in [1.165, 1.54) is 12.8 Å². The number of carbonyl (C=O) groups is 2. The fourth-order valence-electron chi connectivity index (χ4n) is 2.45. The molecule has 0 atom stereocenters. The standard InChI is InChI=1S/C19H34O4/c1-5-9-11-12-13-15-17(19(21)23-8-4)16(14-10-6-2)18(20)22-7-3/h5-15H2,1-4H3. The van der Waals surface area contributed by atoms with Crippen molar-refractivity contribution in [2.45, 2.75) is 85.5 Å². The van der Waals surface area contributed by atoms with E-state index in [0.717, 1.165) is 32.1 Å². The molecule has 0 spiro atoms. The Labute approximate surface area is 141 Å². The maximum Gasteiger partial charge on any atom is 0.334 e. The van der Waals surface area contributed by atoms with Crippen LogP contribution in [0.1, 0.15) is 85.5 Å². The second kappa shape index (κ2) is 14.3. The predicted molar refractivity (Wildman–Crippen MR) is 93.2 cm³/mol. The van der Waals surface area contributed by atoms with E-state index in [-0.39, 0.29) is 11.9 Å². The molecule has 0 aromatic rings. The van der Waals surface area contributed by atoms with Crippen molar-refractivity contribution in [2.75, 3.05) is 13.2 Å². The summed E-state index contributed by atoms with van der Waals surface area (Å²) in [4.78, 5) is 24.5. The van der Waals surface area contributed by atoms with Crippen molar-refractivity contribution >= 4 is 11.9 Å². The molecule has 0 heterocycles. The van der Waals surface area contributed by atoms with Gasteiger partial charge in [-0.05, 0) is 39.5 Å². The molecule has 0 aromatic carbocycles. The van der Waals surface area contributed by atoms with E-state index in [1.54, 1.807) is 13.8 Å². The quantitative estimate of drug-likeness (QED) is 0.273. The molecule has 0 bridgehead atoms. The van der Waals surface area contributed by atoms with Crippen molar-refractivity contribution in [1.29, 1.82) is 0 Å². The van der Waals surface area contributed by atoms with Crippen LogP contribution in [-0.4, -0.2) is 25.2 Å². The van der Waals surface area contributed by atoms with E-state index >= 15 is 0 Å². The summed E-state index contributed by atoms with van der Waals surface area (Å²) >= 11 is 0. The van der Waals surface area contributed by atoms with E-state index in [4.69, 9.17) is 9.47 Å². The number of carbonyl (C=O) groups excluding carboxylic acids is 2. The normalized spacial score (nSPS) is 11.8.